The first-order valence-corrected chi connectivity index (χ1v) is 8.22. The van der Waals surface area contributed by atoms with Crippen LogP contribution in [-0.2, 0) is 12.8 Å². The van der Waals surface area contributed by atoms with Gasteiger partial charge in [0, 0.05) is 11.3 Å². The molecule has 0 fully saturated rings. The van der Waals surface area contributed by atoms with Crippen molar-refractivity contribution in [2.45, 2.75) is 32.6 Å². The molecule has 0 aliphatic heterocycles. The predicted octanol–water partition coefficient (Wildman–Crippen LogP) is 3.49. The number of nitrogens with zero attached hydrogens (tertiary/aromatic N) is 2. The van der Waals surface area contributed by atoms with Crippen LogP contribution in [0.4, 0.5) is 5.82 Å². The molecule has 1 heterocycles. The normalized spacial score (nSPS) is 13.0. The molecule has 2 N–H and O–H groups in total. The Morgan fingerprint density at radius 3 is 2.75 bits per heavy atom. The number of rotatable bonds is 4. The summed E-state index contributed by atoms with van der Waals surface area (Å²) < 4.78 is 11.0. The number of nitrogen functional groups attached to an aromatic ring is 1. The molecule has 1 aromatic carbocycles. The van der Waals surface area contributed by atoms with Crippen LogP contribution in [-0.4, -0.2) is 18.7 Å². The Kier molecular flexibility index (Phi) is 4.57. The molecule has 0 amide bonds. The number of hydrogen-bond acceptors (Lipinski definition) is 5. The van der Waals surface area contributed by atoms with E-state index in [0.717, 1.165) is 48.1 Å². The summed E-state index contributed by atoms with van der Waals surface area (Å²) >= 11 is 0. The van der Waals surface area contributed by atoms with Gasteiger partial charge in [0.1, 0.15) is 17.5 Å². The monoisotopic (exact) mass is 323 g/mol. The highest BCUT2D eigenvalue weighted by Crippen LogP contribution is 2.39. The van der Waals surface area contributed by atoms with E-state index in [1.807, 2.05) is 25.1 Å². The first-order valence-electron chi connectivity index (χ1n) is 8.22. The third-order valence-corrected chi connectivity index (χ3v) is 4.37. The average molecular weight is 323 g/mol. The third-order valence-electron chi connectivity index (χ3n) is 4.37. The van der Waals surface area contributed by atoms with Crippen LogP contribution < -0.4 is 15.2 Å². The van der Waals surface area contributed by atoms with Crippen molar-refractivity contribution in [3.8, 4) is 28.7 Å². The molecule has 124 valence electrons. The Bertz CT molecular complexity index is 809. The maximum Gasteiger partial charge on any atom is 0.161 e. The fourth-order valence-electron chi connectivity index (χ4n) is 3.29. The summed E-state index contributed by atoms with van der Waals surface area (Å²) in [5.41, 5.74) is 10.5. The summed E-state index contributed by atoms with van der Waals surface area (Å²) in [6.45, 7) is 2.50. The first-order chi connectivity index (χ1) is 11.7. The lowest BCUT2D eigenvalue weighted by molar-refractivity contribution is 0.311. The second kappa shape index (κ2) is 6.79. The van der Waals surface area contributed by atoms with Gasteiger partial charge in [-0.3, -0.25) is 0 Å². The molecule has 24 heavy (non-hydrogen) atoms. The molecule has 0 saturated carbocycles. The van der Waals surface area contributed by atoms with Crippen LogP contribution in [0.3, 0.4) is 0 Å². The standard InChI is InChI=1S/C19H21N3O2/c1-3-24-16-9-8-12(10-17(16)23-2)18-13-6-4-5-7-15(13)22-19(21)14(18)11-20/h8-10H,3-7H2,1-2H3,(H2,21,22). The molecular weight excluding hydrogens is 302 g/mol. The minimum absolute atomic E-state index is 0.306. The maximum atomic E-state index is 9.60. The van der Waals surface area contributed by atoms with Crippen molar-refractivity contribution in [3.05, 3.63) is 35.0 Å². The number of anilines is 1. The molecule has 1 aromatic heterocycles. The summed E-state index contributed by atoms with van der Waals surface area (Å²) in [6.07, 6.45) is 4.04. The molecule has 5 heteroatoms. The van der Waals surface area contributed by atoms with Crippen LogP contribution in [0.15, 0.2) is 18.2 Å². The van der Waals surface area contributed by atoms with Gasteiger partial charge in [-0.1, -0.05) is 6.07 Å². The van der Waals surface area contributed by atoms with Crippen molar-refractivity contribution in [2.24, 2.45) is 0 Å². The summed E-state index contributed by atoms with van der Waals surface area (Å²) in [5.74, 6) is 1.65. The van der Waals surface area contributed by atoms with Gasteiger partial charge in [0.2, 0.25) is 0 Å². The maximum absolute atomic E-state index is 9.60. The van der Waals surface area contributed by atoms with Gasteiger partial charge in [-0.15, -0.1) is 0 Å². The topological polar surface area (TPSA) is 81.2 Å². The van der Waals surface area contributed by atoms with Crippen LogP contribution in [0, 0.1) is 11.3 Å². The molecular formula is C19H21N3O2. The molecule has 5 nitrogen and oxygen atoms in total. The van der Waals surface area contributed by atoms with Crippen molar-refractivity contribution in [1.82, 2.24) is 4.98 Å². The zero-order valence-electron chi connectivity index (χ0n) is 14.1. The van der Waals surface area contributed by atoms with Crippen molar-refractivity contribution in [1.29, 1.82) is 5.26 Å². The van der Waals surface area contributed by atoms with Crippen molar-refractivity contribution < 1.29 is 9.47 Å². The highest BCUT2D eigenvalue weighted by atomic mass is 16.5. The fourth-order valence-corrected chi connectivity index (χ4v) is 3.29. The van der Waals surface area contributed by atoms with Gasteiger partial charge in [0.05, 0.1) is 13.7 Å². The molecule has 3 rings (SSSR count). The van der Waals surface area contributed by atoms with E-state index >= 15 is 0 Å². The van der Waals surface area contributed by atoms with Crippen LogP contribution >= 0.6 is 0 Å². The number of aromatic nitrogens is 1. The lowest BCUT2D eigenvalue weighted by Crippen LogP contribution is -2.11. The zero-order valence-corrected chi connectivity index (χ0v) is 14.1. The summed E-state index contributed by atoms with van der Waals surface area (Å²) in [4.78, 5) is 4.46. The molecule has 0 saturated heterocycles. The van der Waals surface area contributed by atoms with Gasteiger partial charge >= 0.3 is 0 Å². The van der Waals surface area contributed by atoms with Gasteiger partial charge in [-0.25, -0.2) is 4.98 Å². The van der Waals surface area contributed by atoms with Crippen LogP contribution in [0.25, 0.3) is 11.1 Å². The summed E-state index contributed by atoms with van der Waals surface area (Å²) in [7, 11) is 1.61. The molecule has 1 aliphatic rings. The molecule has 0 bridgehead atoms. The number of pyridine rings is 1. The fraction of sp³-hybridized carbons (Fsp3) is 0.368. The lowest BCUT2D eigenvalue weighted by Gasteiger charge is -2.21. The molecule has 0 radical (unpaired) electrons. The van der Waals surface area contributed by atoms with E-state index in [1.54, 1.807) is 7.11 Å². The van der Waals surface area contributed by atoms with Crippen molar-refractivity contribution in [2.75, 3.05) is 19.5 Å². The average Bonchev–Trinajstić information content (AvgIpc) is 2.61. The Morgan fingerprint density at radius 1 is 1.25 bits per heavy atom. The van der Waals surface area contributed by atoms with E-state index in [1.165, 1.54) is 0 Å². The minimum Gasteiger partial charge on any atom is -0.493 e. The first kappa shape index (κ1) is 16.1. The lowest BCUT2D eigenvalue weighted by atomic mass is 9.86. The van der Waals surface area contributed by atoms with E-state index in [2.05, 4.69) is 11.1 Å². The van der Waals surface area contributed by atoms with Crippen molar-refractivity contribution in [3.63, 3.8) is 0 Å². The Hall–Kier alpha value is -2.74. The minimum atomic E-state index is 0.306. The largest absolute Gasteiger partial charge is 0.493 e. The number of aryl methyl sites for hydroxylation is 1. The second-order valence-electron chi connectivity index (χ2n) is 5.79. The highest BCUT2D eigenvalue weighted by molar-refractivity contribution is 5.80. The number of methoxy groups -OCH3 is 1. The number of benzene rings is 1. The number of nitrogens with two attached hydrogens (primary N) is 1. The van der Waals surface area contributed by atoms with Gasteiger partial charge in [0.15, 0.2) is 11.5 Å². The van der Waals surface area contributed by atoms with Gasteiger partial charge in [-0.2, -0.15) is 5.26 Å². The summed E-state index contributed by atoms with van der Waals surface area (Å²) in [6, 6.07) is 7.98. The van der Waals surface area contributed by atoms with Crippen molar-refractivity contribution >= 4 is 5.82 Å². The van der Waals surface area contributed by atoms with E-state index in [0.29, 0.717) is 29.5 Å². The Balaban J connectivity index is 2.22. The molecule has 0 atom stereocenters. The molecule has 2 aromatic rings. The predicted molar refractivity (Wildman–Crippen MR) is 93.2 cm³/mol. The quantitative estimate of drug-likeness (QED) is 0.931. The van der Waals surface area contributed by atoms with Gasteiger partial charge in [0.25, 0.3) is 0 Å². The van der Waals surface area contributed by atoms with Crippen LogP contribution in [0.2, 0.25) is 0 Å². The van der Waals surface area contributed by atoms with E-state index < -0.39 is 0 Å². The number of ether oxygens (including phenoxy) is 2. The third kappa shape index (κ3) is 2.76. The van der Waals surface area contributed by atoms with Gasteiger partial charge < -0.3 is 15.2 Å². The van der Waals surface area contributed by atoms with E-state index in [-0.39, 0.29) is 0 Å². The smallest absolute Gasteiger partial charge is 0.161 e. The number of fused-ring (bicyclic) bond motifs is 1. The Labute approximate surface area is 142 Å². The zero-order chi connectivity index (χ0) is 17.1. The van der Waals surface area contributed by atoms with Gasteiger partial charge in [-0.05, 0) is 55.9 Å². The van der Waals surface area contributed by atoms with Crippen LogP contribution in [0.1, 0.15) is 36.6 Å². The molecule has 0 spiro atoms. The van der Waals surface area contributed by atoms with E-state index in [4.69, 9.17) is 15.2 Å². The van der Waals surface area contributed by atoms with Crippen LogP contribution in [0.5, 0.6) is 11.5 Å². The SMILES string of the molecule is CCOc1ccc(-c2c(C#N)c(N)nc3c2CCCC3)cc1OC. The summed E-state index contributed by atoms with van der Waals surface area (Å²) in [5, 5.41) is 9.60. The molecule has 0 unspecified atom stereocenters. The van der Waals surface area contributed by atoms with E-state index in [9.17, 15) is 5.26 Å². The number of nitriles is 1. The highest BCUT2D eigenvalue weighted by Gasteiger charge is 2.22. The molecule has 1 aliphatic carbocycles. The Morgan fingerprint density at radius 2 is 2.04 bits per heavy atom. The number of hydrogen-bond donors (Lipinski definition) is 1. The second-order valence-corrected chi connectivity index (χ2v) is 5.79.